The molecule has 0 saturated heterocycles. The van der Waals surface area contributed by atoms with Gasteiger partial charge in [0.15, 0.2) is 0 Å². The van der Waals surface area contributed by atoms with Crippen LogP contribution in [0.2, 0.25) is 0 Å². The van der Waals surface area contributed by atoms with Crippen LogP contribution >= 0.6 is 15.9 Å². The number of carbonyl (C=O) groups excluding carboxylic acids is 1. The molecule has 1 N–H and O–H groups in total. The molecule has 4 nitrogen and oxygen atoms in total. The molecule has 0 aliphatic heterocycles. The van der Waals surface area contributed by atoms with Crippen molar-refractivity contribution in [3.05, 3.63) is 28.5 Å². The zero-order valence-corrected chi connectivity index (χ0v) is 13.2. The predicted molar refractivity (Wildman–Crippen MR) is 81.7 cm³/mol. The largest absolute Gasteiger partial charge is 0.378 e. The summed E-state index contributed by atoms with van der Waals surface area (Å²) in [4.78, 5) is 15.9. The van der Waals surface area contributed by atoms with E-state index >= 15 is 0 Å². The predicted octanol–water partition coefficient (Wildman–Crippen LogP) is 3.31. The van der Waals surface area contributed by atoms with Crippen LogP contribution in [0.4, 0.5) is 0 Å². The maximum atomic E-state index is 11.9. The van der Waals surface area contributed by atoms with Crippen molar-refractivity contribution in [3.8, 4) is 0 Å². The molecule has 1 aromatic heterocycles. The van der Waals surface area contributed by atoms with Crippen molar-refractivity contribution < 1.29 is 9.53 Å². The maximum Gasteiger partial charge on any atom is 0.252 e. The van der Waals surface area contributed by atoms with Gasteiger partial charge in [-0.05, 0) is 41.3 Å². The second-order valence-corrected chi connectivity index (χ2v) is 5.95. The molecule has 0 bridgehead atoms. The maximum absolute atomic E-state index is 11.9. The molecule has 1 aliphatic rings. The molecule has 1 saturated carbocycles. The fourth-order valence-corrected chi connectivity index (χ4v) is 2.84. The number of halogens is 1. The standard InChI is InChI=1S/C15H21BrN2O2/c16-14-11-17-9-7-13(14)15(19)18-8-4-10-20-12-5-2-1-3-6-12/h7,9,11-12H,1-6,8,10H2,(H,18,19). The van der Waals surface area contributed by atoms with Gasteiger partial charge in [-0.3, -0.25) is 9.78 Å². The summed E-state index contributed by atoms with van der Waals surface area (Å²) in [6.07, 6.45) is 10.8. The van der Waals surface area contributed by atoms with Crippen LogP contribution in [0.15, 0.2) is 22.9 Å². The van der Waals surface area contributed by atoms with E-state index < -0.39 is 0 Å². The molecule has 110 valence electrons. The second kappa shape index (κ2) is 8.37. The lowest BCUT2D eigenvalue weighted by molar-refractivity contribution is 0.0273. The number of aromatic nitrogens is 1. The minimum atomic E-state index is -0.0723. The highest BCUT2D eigenvalue weighted by molar-refractivity contribution is 9.10. The molecule has 1 aromatic rings. The van der Waals surface area contributed by atoms with Gasteiger partial charge >= 0.3 is 0 Å². The zero-order valence-electron chi connectivity index (χ0n) is 11.6. The molecule has 0 spiro atoms. The third-order valence-electron chi connectivity index (χ3n) is 3.53. The van der Waals surface area contributed by atoms with Crippen LogP contribution in [0.25, 0.3) is 0 Å². The Labute approximate surface area is 128 Å². The summed E-state index contributed by atoms with van der Waals surface area (Å²) < 4.78 is 6.54. The fraction of sp³-hybridized carbons (Fsp3) is 0.600. The molecule has 1 aliphatic carbocycles. The molecule has 1 heterocycles. The lowest BCUT2D eigenvalue weighted by Crippen LogP contribution is -2.26. The number of carbonyl (C=O) groups is 1. The molecule has 1 fully saturated rings. The SMILES string of the molecule is O=C(NCCCOC1CCCCC1)c1ccncc1Br. The molecule has 5 heteroatoms. The smallest absolute Gasteiger partial charge is 0.252 e. The highest BCUT2D eigenvalue weighted by Crippen LogP contribution is 2.20. The summed E-state index contributed by atoms with van der Waals surface area (Å²) in [5.41, 5.74) is 0.619. The topological polar surface area (TPSA) is 51.2 Å². The lowest BCUT2D eigenvalue weighted by atomic mass is 9.98. The monoisotopic (exact) mass is 340 g/mol. The van der Waals surface area contributed by atoms with Crippen molar-refractivity contribution in [2.45, 2.75) is 44.6 Å². The molecular formula is C15H21BrN2O2. The van der Waals surface area contributed by atoms with Crippen LogP contribution in [0.5, 0.6) is 0 Å². The number of ether oxygens (including phenoxy) is 1. The normalized spacial score (nSPS) is 16.1. The van der Waals surface area contributed by atoms with Gasteiger partial charge in [0.2, 0.25) is 0 Å². The van der Waals surface area contributed by atoms with E-state index in [0.717, 1.165) is 17.5 Å². The third-order valence-corrected chi connectivity index (χ3v) is 4.16. The van der Waals surface area contributed by atoms with Gasteiger partial charge in [0, 0.05) is 30.0 Å². The molecule has 0 atom stereocenters. The van der Waals surface area contributed by atoms with Gasteiger partial charge in [-0.2, -0.15) is 0 Å². The van der Waals surface area contributed by atoms with Crippen molar-refractivity contribution in [3.63, 3.8) is 0 Å². The number of hydrogen-bond donors (Lipinski definition) is 1. The summed E-state index contributed by atoms with van der Waals surface area (Å²) in [7, 11) is 0. The van der Waals surface area contributed by atoms with Gasteiger partial charge in [-0.25, -0.2) is 0 Å². The number of amides is 1. The Hall–Kier alpha value is -0.940. The Morgan fingerprint density at radius 2 is 2.20 bits per heavy atom. The van der Waals surface area contributed by atoms with Crippen molar-refractivity contribution in [1.82, 2.24) is 10.3 Å². The summed E-state index contributed by atoms with van der Waals surface area (Å²) in [6, 6.07) is 1.71. The number of nitrogens with one attached hydrogen (secondary N) is 1. The Morgan fingerprint density at radius 1 is 1.40 bits per heavy atom. The molecule has 0 radical (unpaired) electrons. The Kier molecular flexibility index (Phi) is 6.47. The van der Waals surface area contributed by atoms with E-state index in [0.29, 0.717) is 18.2 Å². The van der Waals surface area contributed by atoms with E-state index in [1.54, 1.807) is 18.5 Å². The van der Waals surface area contributed by atoms with Crippen LogP contribution in [-0.2, 0) is 4.74 Å². The summed E-state index contributed by atoms with van der Waals surface area (Å²) in [6.45, 7) is 1.36. The van der Waals surface area contributed by atoms with Crippen molar-refractivity contribution in [2.24, 2.45) is 0 Å². The van der Waals surface area contributed by atoms with Crippen molar-refractivity contribution in [2.75, 3.05) is 13.2 Å². The van der Waals surface area contributed by atoms with E-state index in [2.05, 4.69) is 26.2 Å². The highest BCUT2D eigenvalue weighted by atomic mass is 79.9. The van der Waals surface area contributed by atoms with Crippen LogP contribution in [0, 0.1) is 0 Å². The minimum Gasteiger partial charge on any atom is -0.378 e. The Morgan fingerprint density at radius 3 is 2.95 bits per heavy atom. The van der Waals surface area contributed by atoms with E-state index in [9.17, 15) is 4.79 Å². The van der Waals surface area contributed by atoms with Crippen LogP contribution in [0.1, 0.15) is 48.9 Å². The first-order chi connectivity index (χ1) is 9.77. The van der Waals surface area contributed by atoms with Crippen molar-refractivity contribution in [1.29, 1.82) is 0 Å². The number of nitrogens with zero attached hydrogens (tertiary/aromatic N) is 1. The fourth-order valence-electron chi connectivity index (χ4n) is 2.41. The molecule has 20 heavy (non-hydrogen) atoms. The van der Waals surface area contributed by atoms with E-state index in [1.807, 2.05) is 0 Å². The van der Waals surface area contributed by atoms with Gasteiger partial charge in [-0.15, -0.1) is 0 Å². The number of pyridine rings is 1. The van der Waals surface area contributed by atoms with E-state index in [1.165, 1.54) is 32.1 Å². The Balaban J connectivity index is 1.61. The molecular weight excluding hydrogens is 320 g/mol. The first kappa shape index (κ1) is 15.4. The molecule has 0 unspecified atom stereocenters. The van der Waals surface area contributed by atoms with Gasteiger partial charge in [0.25, 0.3) is 5.91 Å². The van der Waals surface area contributed by atoms with Gasteiger partial charge in [0.1, 0.15) is 0 Å². The van der Waals surface area contributed by atoms with Gasteiger partial charge in [0.05, 0.1) is 11.7 Å². The average Bonchev–Trinajstić information content (AvgIpc) is 2.48. The Bertz CT molecular complexity index is 434. The summed E-state index contributed by atoms with van der Waals surface area (Å²) in [5, 5.41) is 2.90. The first-order valence-corrected chi connectivity index (χ1v) is 8.06. The van der Waals surface area contributed by atoms with Crippen molar-refractivity contribution >= 4 is 21.8 Å². The third kappa shape index (κ3) is 4.87. The lowest BCUT2D eigenvalue weighted by Gasteiger charge is -2.21. The first-order valence-electron chi connectivity index (χ1n) is 7.26. The van der Waals surface area contributed by atoms with Gasteiger partial charge < -0.3 is 10.1 Å². The minimum absolute atomic E-state index is 0.0723. The molecule has 2 rings (SSSR count). The second-order valence-electron chi connectivity index (χ2n) is 5.10. The number of hydrogen-bond acceptors (Lipinski definition) is 3. The number of rotatable bonds is 6. The summed E-state index contributed by atoms with van der Waals surface area (Å²) >= 11 is 3.32. The quantitative estimate of drug-likeness (QED) is 0.808. The molecule has 0 aromatic carbocycles. The highest BCUT2D eigenvalue weighted by Gasteiger charge is 2.13. The van der Waals surface area contributed by atoms with Crippen LogP contribution in [-0.4, -0.2) is 30.1 Å². The average molecular weight is 341 g/mol. The zero-order chi connectivity index (χ0) is 14.2. The van der Waals surface area contributed by atoms with Gasteiger partial charge in [-0.1, -0.05) is 19.3 Å². The van der Waals surface area contributed by atoms with E-state index in [-0.39, 0.29) is 5.91 Å². The summed E-state index contributed by atoms with van der Waals surface area (Å²) in [5.74, 6) is -0.0723. The van der Waals surface area contributed by atoms with Crippen LogP contribution in [0.3, 0.4) is 0 Å². The van der Waals surface area contributed by atoms with Crippen LogP contribution < -0.4 is 5.32 Å². The van der Waals surface area contributed by atoms with E-state index in [4.69, 9.17) is 4.74 Å². The molecule has 1 amide bonds.